The highest BCUT2D eigenvalue weighted by atomic mass is 16.6. The van der Waals surface area contributed by atoms with Gasteiger partial charge in [-0.25, -0.2) is 14.5 Å². The predicted octanol–water partition coefficient (Wildman–Crippen LogP) is 0.822. The first-order chi connectivity index (χ1) is 8.33. The molecule has 0 saturated heterocycles. The normalized spacial score (nSPS) is 13.2. The van der Waals surface area contributed by atoms with Gasteiger partial charge in [-0.15, -0.1) is 0 Å². The van der Waals surface area contributed by atoms with Crippen molar-refractivity contribution in [2.45, 2.75) is 45.9 Å². The van der Waals surface area contributed by atoms with Gasteiger partial charge in [0.25, 0.3) is 0 Å². The average molecular weight is 255 g/mol. The highest BCUT2D eigenvalue weighted by molar-refractivity contribution is 5.67. The zero-order chi connectivity index (χ0) is 13.8. The number of aromatic nitrogens is 3. The number of carbonyl (C=O) groups excluding carboxylic acids is 1. The van der Waals surface area contributed by atoms with Gasteiger partial charge in [-0.1, -0.05) is 0 Å². The van der Waals surface area contributed by atoms with Gasteiger partial charge < -0.3 is 15.8 Å². The minimum Gasteiger partial charge on any atom is -0.444 e. The van der Waals surface area contributed by atoms with E-state index >= 15 is 0 Å². The molecule has 1 atom stereocenters. The molecule has 102 valence electrons. The van der Waals surface area contributed by atoms with Crippen LogP contribution in [-0.2, 0) is 11.3 Å². The Labute approximate surface area is 107 Å². The molecule has 1 aromatic rings. The monoisotopic (exact) mass is 255 g/mol. The molecule has 0 aliphatic carbocycles. The lowest BCUT2D eigenvalue weighted by Crippen LogP contribution is -2.37. The van der Waals surface area contributed by atoms with Gasteiger partial charge in [0.2, 0.25) is 0 Å². The van der Waals surface area contributed by atoms with Gasteiger partial charge in [0.05, 0.1) is 6.04 Å². The number of amides is 1. The van der Waals surface area contributed by atoms with Crippen LogP contribution >= 0.6 is 0 Å². The number of aryl methyl sites for hydroxylation is 1. The van der Waals surface area contributed by atoms with Crippen molar-refractivity contribution in [1.29, 1.82) is 0 Å². The second kappa shape index (κ2) is 5.81. The molecule has 0 fully saturated rings. The summed E-state index contributed by atoms with van der Waals surface area (Å²) in [6.45, 7) is 8.32. The maximum Gasteiger partial charge on any atom is 0.407 e. The molecule has 0 radical (unpaired) electrons. The molecule has 0 spiro atoms. The van der Waals surface area contributed by atoms with Crippen LogP contribution in [-0.4, -0.2) is 33.0 Å². The number of rotatable bonds is 4. The first-order valence-electron chi connectivity index (χ1n) is 5.93. The molecule has 7 heteroatoms. The van der Waals surface area contributed by atoms with Crippen LogP contribution in [0.25, 0.3) is 0 Å². The Morgan fingerprint density at radius 2 is 2.28 bits per heavy atom. The first kappa shape index (κ1) is 14.4. The zero-order valence-corrected chi connectivity index (χ0v) is 11.3. The third-order valence-corrected chi connectivity index (χ3v) is 2.14. The molecule has 1 rings (SSSR count). The summed E-state index contributed by atoms with van der Waals surface area (Å²) < 4.78 is 6.81. The van der Waals surface area contributed by atoms with Gasteiger partial charge in [-0.3, -0.25) is 0 Å². The summed E-state index contributed by atoms with van der Waals surface area (Å²) in [5.74, 6) is 0.647. The molecule has 1 unspecified atom stereocenters. The van der Waals surface area contributed by atoms with Gasteiger partial charge in [-0.2, -0.15) is 5.10 Å². The summed E-state index contributed by atoms with van der Waals surface area (Å²) in [6, 6.07) is -0.403. The number of hydrogen-bond donors (Lipinski definition) is 2. The van der Waals surface area contributed by atoms with E-state index in [1.165, 1.54) is 6.33 Å². The summed E-state index contributed by atoms with van der Waals surface area (Å²) in [6.07, 6.45) is 0.965. The van der Waals surface area contributed by atoms with Crippen molar-refractivity contribution in [1.82, 2.24) is 20.1 Å². The Bertz CT molecular complexity index is 396. The second-order valence-electron chi connectivity index (χ2n) is 4.92. The minimum atomic E-state index is -0.516. The summed E-state index contributed by atoms with van der Waals surface area (Å²) in [7, 11) is 0. The molecular weight excluding hydrogens is 234 g/mol. The predicted molar refractivity (Wildman–Crippen MR) is 66.9 cm³/mol. The fraction of sp³-hybridized carbons (Fsp3) is 0.727. The van der Waals surface area contributed by atoms with Crippen molar-refractivity contribution in [3.05, 3.63) is 12.2 Å². The summed E-state index contributed by atoms with van der Waals surface area (Å²) in [4.78, 5) is 15.5. The van der Waals surface area contributed by atoms with Crippen LogP contribution in [0, 0.1) is 0 Å². The Balaban J connectivity index is 2.47. The van der Waals surface area contributed by atoms with Gasteiger partial charge in [0, 0.05) is 13.1 Å². The fourth-order valence-electron chi connectivity index (χ4n) is 1.40. The lowest BCUT2D eigenvalue weighted by molar-refractivity contribution is 0.0524. The molecule has 0 aliphatic rings. The van der Waals surface area contributed by atoms with Crippen molar-refractivity contribution < 1.29 is 9.53 Å². The Hall–Kier alpha value is -1.63. The smallest absolute Gasteiger partial charge is 0.407 e. The third-order valence-electron chi connectivity index (χ3n) is 2.14. The van der Waals surface area contributed by atoms with Gasteiger partial charge in [-0.05, 0) is 27.7 Å². The van der Waals surface area contributed by atoms with Crippen LogP contribution in [0.4, 0.5) is 4.79 Å². The molecule has 0 aromatic carbocycles. The first-order valence-corrected chi connectivity index (χ1v) is 5.93. The average Bonchev–Trinajstić information content (AvgIpc) is 2.71. The van der Waals surface area contributed by atoms with E-state index in [2.05, 4.69) is 15.4 Å². The van der Waals surface area contributed by atoms with E-state index in [9.17, 15) is 4.79 Å². The highest BCUT2D eigenvalue weighted by Crippen LogP contribution is 2.08. The van der Waals surface area contributed by atoms with E-state index in [1.54, 1.807) is 25.5 Å². The lowest BCUT2D eigenvalue weighted by Gasteiger charge is -2.20. The number of nitrogens with zero attached hydrogens (tertiary/aromatic N) is 3. The molecule has 18 heavy (non-hydrogen) atoms. The van der Waals surface area contributed by atoms with Crippen LogP contribution in [0.2, 0.25) is 0 Å². The molecule has 0 aliphatic heterocycles. The van der Waals surface area contributed by atoms with Crippen LogP contribution in [0.3, 0.4) is 0 Å². The fourth-order valence-corrected chi connectivity index (χ4v) is 1.40. The summed E-state index contributed by atoms with van der Waals surface area (Å²) in [5, 5.41) is 6.64. The van der Waals surface area contributed by atoms with Crippen molar-refractivity contribution >= 4 is 6.09 Å². The zero-order valence-electron chi connectivity index (χ0n) is 11.3. The molecule has 0 bridgehead atoms. The number of hydrogen-bond acceptors (Lipinski definition) is 5. The van der Waals surface area contributed by atoms with Crippen LogP contribution in [0.1, 0.15) is 39.6 Å². The van der Waals surface area contributed by atoms with Crippen LogP contribution < -0.4 is 11.1 Å². The maximum absolute atomic E-state index is 11.5. The Morgan fingerprint density at radius 1 is 1.61 bits per heavy atom. The highest BCUT2D eigenvalue weighted by Gasteiger charge is 2.18. The Morgan fingerprint density at radius 3 is 2.83 bits per heavy atom. The summed E-state index contributed by atoms with van der Waals surface area (Å²) in [5.41, 5.74) is 5.42. The van der Waals surface area contributed by atoms with Crippen molar-refractivity contribution in [2.24, 2.45) is 5.73 Å². The maximum atomic E-state index is 11.5. The number of nitrogens with one attached hydrogen (secondary N) is 1. The van der Waals surface area contributed by atoms with Crippen molar-refractivity contribution in [2.75, 3.05) is 6.54 Å². The van der Waals surface area contributed by atoms with Crippen molar-refractivity contribution in [3.63, 3.8) is 0 Å². The topological polar surface area (TPSA) is 95.1 Å². The van der Waals surface area contributed by atoms with E-state index < -0.39 is 17.7 Å². The molecule has 7 nitrogen and oxygen atoms in total. The molecular formula is C11H21N5O2. The molecule has 1 heterocycles. The molecule has 1 amide bonds. The van der Waals surface area contributed by atoms with Gasteiger partial charge in [0.1, 0.15) is 17.8 Å². The molecule has 1 aromatic heterocycles. The number of ether oxygens (including phenoxy) is 1. The third kappa shape index (κ3) is 4.33. The standard InChI is InChI=1S/C11H21N5O2/c1-5-16-9(14-7-15-16)8(12)6-13-10(17)18-11(2,3)4/h7-8H,5-6,12H2,1-4H3,(H,13,17). The quantitative estimate of drug-likeness (QED) is 0.830. The van der Waals surface area contributed by atoms with E-state index in [0.717, 1.165) is 0 Å². The largest absolute Gasteiger partial charge is 0.444 e. The van der Waals surface area contributed by atoms with E-state index in [4.69, 9.17) is 10.5 Å². The van der Waals surface area contributed by atoms with E-state index in [1.807, 2.05) is 6.92 Å². The second-order valence-corrected chi connectivity index (χ2v) is 4.92. The van der Waals surface area contributed by atoms with E-state index in [-0.39, 0.29) is 6.54 Å². The summed E-state index contributed by atoms with van der Waals surface area (Å²) >= 11 is 0. The van der Waals surface area contributed by atoms with E-state index in [0.29, 0.717) is 12.4 Å². The number of nitrogens with two attached hydrogens (primary N) is 1. The van der Waals surface area contributed by atoms with Gasteiger partial charge in [0.15, 0.2) is 0 Å². The SMILES string of the molecule is CCn1ncnc1C(N)CNC(=O)OC(C)(C)C. The minimum absolute atomic E-state index is 0.258. The number of alkyl carbamates (subject to hydrolysis) is 1. The van der Waals surface area contributed by atoms with Gasteiger partial charge >= 0.3 is 6.09 Å². The number of carbonyl (C=O) groups is 1. The van der Waals surface area contributed by atoms with Crippen molar-refractivity contribution in [3.8, 4) is 0 Å². The Kier molecular flexibility index (Phi) is 4.66. The molecule has 0 saturated carbocycles. The lowest BCUT2D eigenvalue weighted by atomic mass is 10.2. The van der Waals surface area contributed by atoms with Crippen LogP contribution in [0.5, 0.6) is 0 Å². The molecule has 3 N–H and O–H groups in total. The van der Waals surface area contributed by atoms with Crippen LogP contribution in [0.15, 0.2) is 6.33 Å².